The highest BCUT2D eigenvalue weighted by Gasteiger charge is 2.20. The number of rotatable bonds is 5. The SMILES string of the molecule is O=C(Nc1cccc(CS(=O)C2CCCCC2)c1)c1ccccn1. The highest BCUT2D eigenvalue weighted by Crippen LogP contribution is 2.24. The summed E-state index contributed by atoms with van der Waals surface area (Å²) in [6.07, 6.45) is 7.39. The monoisotopic (exact) mass is 342 g/mol. The van der Waals surface area contributed by atoms with Gasteiger partial charge in [-0.25, -0.2) is 0 Å². The zero-order chi connectivity index (χ0) is 16.8. The molecule has 1 aliphatic rings. The van der Waals surface area contributed by atoms with Crippen molar-refractivity contribution in [3.63, 3.8) is 0 Å². The fraction of sp³-hybridized carbons (Fsp3) is 0.368. The minimum atomic E-state index is -0.839. The maximum atomic E-state index is 12.5. The van der Waals surface area contributed by atoms with E-state index in [9.17, 15) is 9.00 Å². The fourth-order valence-corrected chi connectivity index (χ4v) is 4.64. The van der Waals surface area contributed by atoms with Crippen LogP contribution in [0.5, 0.6) is 0 Å². The maximum absolute atomic E-state index is 12.5. The summed E-state index contributed by atoms with van der Waals surface area (Å²) in [5, 5.41) is 3.18. The van der Waals surface area contributed by atoms with Crippen LogP contribution in [0.1, 0.15) is 48.2 Å². The summed E-state index contributed by atoms with van der Waals surface area (Å²) in [6, 6.07) is 12.8. The van der Waals surface area contributed by atoms with Crippen LogP contribution in [0.4, 0.5) is 5.69 Å². The Morgan fingerprint density at radius 2 is 1.96 bits per heavy atom. The van der Waals surface area contributed by atoms with Crippen LogP contribution in [-0.4, -0.2) is 20.3 Å². The lowest BCUT2D eigenvalue weighted by atomic mass is 10.0. The number of hydrogen-bond acceptors (Lipinski definition) is 3. The third-order valence-corrected chi connectivity index (χ3v) is 6.15. The van der Waals surface area contributed by atoms with Crippen LogP contribution in [0.25, 0.3) is 0 Å². The molecule has 0 radical (unpaired) electrons. The summed E-state index contributed by atoms with van der Waals surface area (Å²) in [5.41, 5.74) is 2.09. The third-order valence-electron chi connectivity index (χ3n) is 4.32. The van der Waals surface area contributed by atoms with Crippen molar-refractivity contribution in [1.29, 1.82) is 0 Å². The van der Waals surface area contributed by atoms with Gasteiger partial charge in [-0.05, 0) is 42.7 Å². The molecular weight excluding hydrogens is 320 g/mol. The van der Waals surface area contributed by atoms with Crippen molar-refractivity contribution in [2.24, 2.45) is 0 Å². The van der Waals surface area contributed by atoms with E-state index in [1.54, 1.807) is 24.4 Å². The van der Waals surface area contributed by atoms with Crippen LogP contribution in [0, 0.1) is 0 Å². The first-order valence-corrected chi connectivity index (χ1v) is 9.79. The molecule has 1 saturated carbocycles. The number of nitrogens with zero attached hydrogens (tertiary/aromatic N) is 1. The lowest BCUT2D eigenvalue weighted by molar-refractivity contribution is 0.102. The zero-order valence-corrected chi connectivity index (χ0v) is 14.4. The molecule has 5 heteroatoms. The van der Waals surface area contributed by atoms with Gasteiger partial charge in [-0.15, -0.1) is 0 Å². The van der Waals surface area contributed by atoms with Crippen LogP contribution in [-0.2, 0) is 16.6 Å². The van der Waals surface area contributed by atoms with Gasteiger partial charge in [0.25, 0.3) is 5.91 Å². The molecule has 0 aliphatic heterocycles. The molecule has 1 atom stereocenters. The number of aromatic nitrogens is 1. The highest BCUT2D eigenvalue weighted by molar-refractivity contribution is 7.84. The number of hydrogen-bond donors (Lipinski definition) is 1. The van der Waals surface area contributed by atoms with Gasteiger partial charge in [0, 0.05) is 33.7 Å². The summed E-state index contributed by atoms with van der Waals surface area (Å²) in [7, 11) is -0.839. The Hall–Kier alpha value is -2.01. The number of carbonyl (C=O) groups excluding carboxylic acids is 1. The van der Waals surface area contributed by atoms with E-state index in [0.717, 1.165) is 18.4 Å². The minimum absolute atomic E-state index is 0.235. The van der Waals surface area contributed by atoms with Gasteiger partial charge in [0.15, 0.2) is 0 Å². The van der Waals surface area contributed by atoms with Gasteiger partial charge < -0.3 is 5.32 Å². The summed E-state index contributed by atoms with van der Waals surface area (Å²) >= 11 is 0. The molecule has 126 valence electrons. The van der Waals surface area contributed by atoms with E-state index in [1.165, 1.54) is 19.3 Å². The lowest BCUT2D eigenvalue weighted by Gasteiger charge is -2.21. The number of carbonyl (C=O) groups is 1. The summed E-state index contributed by atoms with van der Waals surface area (Å²) < 4.78 is 12.5. The average Bonchev–Trinajstić information content (AvgIpc) is 2.63. The number of benzene rings is 1. The van der Waals surface area contributed by atoms with E-state index in [-0.39, 0.29) is 5.91 Å². The molecule has 2 aromatic rings. The van der Waals surface area contributed by atoms with Crippen LogP contribution >= 0.6 is 0 Å². The van der Waals surface area contributed by atoms with Gasteiger partial charge in [0.1, 0.15) is 5.69 Å². The summed E-state index contributed by atoms with van der Waals surface area (Å²) in [5.74, 6) is 0.318. The van der Waals surface area contributed by atoms with Gasteiger partial charge in [0.05, 0.1) is 0 Å². The maximum Gasteiger partial charge on any atom is 0.274 e. The van der Waals surface area contributed by atoms with Gasteiger partial charge in [-0.3, -0.25) is 14.0 Å². The Bertz CT molecular complexity index is 712. The van der Waals surface area contributed by atoms with Crippen molar-refractivity contribution in [1.82, 2.24) is 4.98 Å². The van der Waals surface area contributed by atoms with Crippen molar-refractivity contribution < 1.29 is 9.00 Å². The normalized spacial score (nSPS) is 16.5. The first kappa shape index (κ1) is 16.8. The van der Waals surface area contributed by atoms with Crippen molar-refractivity contribution >= 4 is 22.4 Å². The van der Waals surface area contributed by atoms with E-state index in [4.69, 9.17) is 0 Å². The molecule has 3 rings (SSSR count). The Balaban J connectivity index is 1.63. The predicted octanol–water partition coefficient (Wildman–Crippen LogP) is 3.92. The molecule has 0 saturated heterocycles. The number of amides is 1. The molecule has 1 heterocycles. The second-order valence-corrected chi connectivity index (χ2v) is 7.87. The van der Waals surface area contributed by atoms with Crippen LogP contribution in [0.2, 0.25) is 0 Å². The van der Waals surface area contributed by atoms with Crippen molar-refractivity contribution in [2.75, 3.05) is 5.32 Å². The Morgan fingerprint density at radius 1 is 1.12 bits per heavy atom. The Labute approximate surface area is 145 Å². The number of pyridine rings is 1. The standard InChI is InChI=1S/C19H22N2O2S/c22-19(18-11-4-5-12-20-18)21-16-8-6-7-15(13-16)14-24(23)17-9-2-1-3-10-17/h4-8,11-13,17H,1-3,9-10,14H2,(H,21,22). The Kier molecular flexibility index (Phi) is 5.75. The number of anilines is 1. The van der Waals surface area contributed by atoms with Gasteiger partial charge in [-0.1, -0.05) is 37.5 Å². The first-order chi connectivity index (χ1) is 11.7. The molecule has 1 unspecified atom stereocenters. The van der Waals surface area contributed by atoms with Crippen LogP contribution in [0.15, 0.2) is 48.7 Å². The zero-order valence-electron chi connectivity index (χ0n) is 13.6. The topological polar surface area (TPSA) is 59.1 Å². The van der Waals surface area contributed by atoms with Crippen LogP contribution in [0.3, 0.4) is 0 Å². The van der Waals surface area contributed by atoms with E-state index in [2.05, 4.69) is 10.3 Å². The molecule has 0 spiro atoms. The van der Waals surface area contributed by atoms with Crippen LogP contribution < -0.4 is 5.32 Å². The molecule has 1 amide bonds. The largest absolute Gasteiger partial charge is 0.321 e. The molecule has 1 N–H and O–H groups in total. The van der Waals surface area contributed by atoms with Gasteiger partial charge >= 0.3 is 0 Å². The van der Waals surface area contributed by atoms with Gasteiger partial charge in [-0.2, -0.15) is 0 Å². The van der Waals surface area contributed by atoms with E-state index in [1.807, 2.05) is 24.3 Å². The second-order valence-electron chi connectivity index (χ2n) is 6.15. The molecular formula is C19H22N2O2S. The van der Waals surface area contributed by atoms with Crippen molar-refractivity contribution in [2.45, 2.75) is 43.1 Å². The molecule has 1 aliphatic carbocycles. The van der Waals surface area contributed by atoms with E-state index in [0.29, 0.717) is 22.4 Å². The molecule has 24 heavy (non-hydrogen) atoms. The molecule has 0 bridgehead atoms. The Morgan fingerprint density at radius 3 is 2.71 bits per heavy atom. The van der Waals surface area contributed by atoms with Crippen molar-refractivity contribution in [3.8, 4) is 0 Å². The molecule has 4 nitrogen and oxygen atoms in total. The third kappa shape index (κ3) is 4.51. The quantitative estimate of drug-likeness (QED) is 0.896. The predicted molar refractivity (Wildman–Crippen MR) is 97.4 cm³/mol. The van der Waals surface area contributed by atoms with E-state index >= 15 is 0 Å². The van der Waals surface area contributed by atoms with Crippen molar-refractivity contribution in [3.05, 3.63) is 59.9 Å². The highest BCUT2D eigenvalue weighted by atomic mass is 32.2. The van der Waals surface area contributed by atoms with E-state index < -0.39 is 10.8 Å². The molecule has 1 aromatic heterocycles. The minimum Gasteiger partial charge on any atom is -0.321 e. The molecule has 1 aromatic carbocycles. The average molecular weight is 342 g/mol. The number of nitrogens with one attached hydrogen (secondary N) is 1. The summed E-state index contributed by atoms with van der Waals surface area (Å²) in [4.78, 5) is 16.2. The molecule has 1 fully saturated rings. The first-order valence-electron chi connectivity index (χ1n) is 8.41. The fourth-order valence-electron chi connectivity index (χ4n) is 3.04. The van der Waals surface area contributed by atoms with Gasteiger partial charge in [0.2, 0.25) is 0 Å². The smallest absolute Gasteiger partial charge is 0.274 e. The lowest BCUT2D eigenvalue weighted by Crippen LogP contribution is -2.20. The second kappa shape index (κ2) is 8.20. The summed E-state index contributed by atoms with van der Waals surface area (Å²) in [6.45, 7) is 0.